The number of anilines is 1. The molecule has 7 nitrogen and oxygen atoms in total. The Kier molecular flexibility index (Phi) is 21.0. The van der Waals surface area contributed by atoms with Crippen LogP contribution in [0.15, 0.2) is 97.1 Å². The van der Waals surface area contributed by atoms with Gasteiger partial charge >= 0.3 is 0 Å². The highest BCUT2D eigenvalue weighted by atomic mass is 32.2. The minimum Gasteiger partial charge on any atom is -0.508 e. The summed E-state index contributed by atoms with van der Waals surface area (Å²) in [5, 5.41) is 18.8. The number of phenols is 1. The van der Waals surface area contributed by atoms with Crippen LogP contribution in [0.1, 0.15) is 65.4 Å². The molecule has 4 rings (SSSR count). The monoisotopic (exact) mass is 672 g/mol. The number of amides is 1. The van der Waals surface area contributed by atoms with Crippen LogP contribution in [0.2, 0.25) is 0 Å². The molecule has 48 heavy (non-hydrogen) atoms. The average molecular weight is 673 g/mol. The van der Waals surface area contributed by atoms with E-state index in [4.69, 9.17) is 0 Å². The third-order valence-corrected chi connectivity index (χ3v) is 7.80. The Hall–Kier alpha value is -4.11. The third kappa shape index (κ3) is 18.3. The molecule has 8 heteroatoms. The number of benzene rings is 4. The van der Waals surface area contributed by atoms with E-state index >= 15 is 0 Å². The average Bonchev–Trinajstić information content (AvgIpc) is 3.07. The predicted octanol–water partition coefficient (Wildman–Crippen LogP) is 7.84. The molecule has 1 amide bonds. The number of aldehydes is 1. The Balaban J connectivity index is 0.000000343. The SMILES string of the molecule is CC(C)(C)c1ccc(O)c(CNCCCNC=O)c1.CNCc1ccccc1.CSN(C)c1cc(C)cc(C=O)c1.Cc1ccccc1. The zero-order valence-electron chi connectivity index (χ0n) is 30.0. The van der Waals surface area contributed by atoms with Crippen molar-refractivity contribution in [2.45, 2.75) is 59.5 Å². The number of carbonyl (C=O) groups is 2. The Bertz CT molecular complexity index is 1440. The number of phenolic OH excluding ortho intramolecular Hbond substituents is 1. The van der Waals surface area contributed by atoms with Gasteiger partial charge in [-0.1, -0.05) is 111 Å². The summed E-state index contributed by atoms with van der Waals surface area (Å²) in [4.78, 5) is 20.7. The summed E-state index contributed by atoms with van der Waals surface area (Å²) < 4.78 is 2.03. The second kappa shape index (κ2) is 24.1. The summed E-state index contributed by atoms with van der Waals surface area (Å²) in [5.74, 6) is 0.325. The number of rotatable bonds is 12. The van der Waals surface area contributed by atoms with Crippen molar-refractivity contribution in [2.24, 2.45) is 0 Å². The van der Waals surface area contributed by atoms with Crippen molar-refractivity contribution < 1.29 is 14.7 Å². The fraction of sp³-hybridized carbons (Fsp3) is 0.350. The Morgan fingerprint density at radius 2 is 1.46 bits per heavy atom. The highest BCUT2D eigenvalue weighted by molar-refractivity contribution is 7.99. The van der Waals surface area contributed by atoms with Crippen molar-refractivity contribution in [1.82, 2.24) is 16.0 Å². The second-order valence-electron chi connectivity index (χ2n) is 12.3. The molecular weight excluding hydrogens is 617 g/mol. The molecule has 0 bridgehead atoms. The van der Waals surface area contributed by atoms with Gasteiger partial charge in [-0.25, -0.2) is 0 Å². The molecule has 0 atom stereocenters. The first-order valence-electron chi connectivity index (χ1n) is 16.2. The van der Waals surface area contributed by atoms with E-state index in [1.165, 1.54) is 16.7 Å². The van der Waals surface area contributed by atoms with Crippen LogP contribution >= 0.6 is 11.9 Å². The summed E-state index contributed by atoms with van der Waals surface area (Å²) in [6.07, 6.45) is 4.46. The maximum absolute atomic E-state index is 10.6. The molecule has 0 saturated heterocycles. The minimum absolute atomic E-state index is 0.0797. The van der Waals surface area contributed by atoms with Crippen LogP contribution in [0.3, 0.4) is 0 Å². The Labute approximate surface area is 293 Å². The summed E-state index contributed by atoms with van der Waals surface area (Å²) in [7, 11) is 3.93. The number of nitrogens with zero attached hydrogens (tertiary/aromatic N) is 1. The lowest BCUT2D eigenvalue weighted by Gasteiger charge is -2.20. The normalized spacial score (nSPS) is 10.2. The minimum atomic E-state index is 0.0797. The van der Waals surface area contributed by atoms with Crippen molar-refractivity contribution in [3.63, 3.8) is 0 Å². The molecule has 0 aromatic heterocycles. The van der Waals surface area contributed by atoms with Gasteiger partial charge in [0.2, 0.25) is 6.41 Å². The van der Waals surface area contributed by atoms with Gasteiger partial charge in [0.1, 0.15) is 12.0 Å². The molecule has 0 radical (unpaired) electrons. The largest absolute Gasteiger partial charge is 0.508 e. The molecule has 0 heterocycles. The van der Waals surface area contributed by atoms with Crippen LogP contribution in [0.5, 0.6) is 5.75 Å². The fourth-order valence-electron chi connectivity index (χ4n) is 4.27. The van der Waals surface area contributed by atoms with E-state index in [1.807, 2.05) is 92.2 Å². The van der Waals surface area contributed by atoms with Crippen LogP contribution in [0, 0.1) is 13.8 Å². The Morgan fingerprint density at radius 1 is 0.812 bits per heavy atom. The highest BCUT2D eigenvalue weighted by Crippen LogP contribution is 2.27. The van der Waals surface area contributed by atoms with E-state index < -0.39 is 0 Å². The number of hydrogen-bond acceptors (Lipinski definition) is 7. The van der Waals surface area contributed by atoms with Gasteiger partial charge in [-0.15, -0.1) is 0 Å². The molecule has 0 spiro atoms. The van der Waals surface area contributed by atoms with Gasteiger partial charge in [-0.3, -0.25) is 9.59 Å². The maximum atomic E-state index is 10.6. The van der Waals surface area contributed by atoms with Crippen molar-refractivity contribution >= 4 is 30.3 Å². The molecule has 0 unspecified atom stereocenters. The van der Waals surface area contributed by atoms with E-state index in [0.717, 1.165) is 48.2 Å². The number of hydrogen-bond donors (Lipinski definition) is 4. The molecule has 4 aromatic carbocycles. The lowest BCUT2D eigenvalue weighted by molar-refractivity contribution is -0.109. The van der Waals surface area contributed by atoms with Gasteiger partial charge in [0.25, 0.3) is 0 Å². The molecule has 260 valence electrons. The summed E-state index contributed by atoms with van der Waals surface area (Å²) in [5.41, 5.74) is 7.77. The molecule has 4 aromatic rings. The molecule has 0 aliphatic rings. The van der Waals surface area contributed by atoms with E-state index in [2.05, 4.69) is 74.0 Å². The van der Waals surface area contributed by atoms with Gasteiger partial charge in [-0.2, -0.15) is 0 Å². The summed E-state index contributed by atoms with van der Waals surface area (Å²) in [6, 6.07) is 32.2. The van der Waals surface area contributed by atoms with Gasteiger partial charge in [-0.05, 0) is 80.2 Å². The van der Waals surface area contributed by atoms with Crippen molar-refractivity contribution in [1.29, 1.82) is 0 Å². The van der Waals surface area contributed by atoms with Gasteiger partial charge < -0.3 is 25.4 Å². The molecule has 0 aliphatic heterocycles. The van der Waals surface area contributed by atoms with Crippen LogP contribution in [0.25, 0.3) is 0 Å². The predicted molar refractivity (Wildman–Crippen MR) is 206 cm³/mol. The molecule has 0 aliphatic carbocycles. The first-order valence-corrected chi connectivity index (χ1v) is 17.4. The summed E-state index contributed by atoms with van der Waals surface area (Å²) >= 11 is 1.62. The zero-order valence-corrected chi connectivity index (χ0v) is 30.9. The van der Waals surface area contributed by atoms with E-state index in [0.29, 0.717) is 25.2 Å². The van der Waals surface area contributed by atoms with Crippen LogP contribution in [0.4, 0.5) is 5.69 Å². The van der Waals surface area contributed by atoms with Crippen LogP contribution < -0.4 is 20.3 Å². The fourth-order valence-corrected chi connectivity index (χ4v) is 4.59. The topological polar surface area (TPSA) is 93.7 Å². The highest BCUT2D eigenvalue weighted by Gasteiger charge is 2.15. The second-order valence-corrected chi connectivity index (χ2v) is 13.2. The summed E-state index contributed by atoms with van der Waals surface area (Å²) in [6.45, 7) is 13.6. The lowest BCUT2D eigenvalue weighted by atomic mass is 9.86. The maximum Gasteiger partial charge on any atom is 0.207 e. The number of nitrogens with one attached hydrogen (secondary N) is 3. The zero-order chi connectivity index (χ0) is 35.8. The number of aromatic hydroxyl groups is 1. The van der Waals surface area contributed by atoms with E-state index in [-0.39, 0.29) is 5.41 Å². The van der Waals surface area contributed by atoms with Crippen LogP contribution in [-0.4, -0.2) is 51.2 Å². The van der Waals surface area contributed by atoms with Gasteiger partial charge in [0.05, 0.1) is 0 Å². The molecule has 0 saturated carbocycles. The first kappa shape index (κ1) is 41.9. The quantitative estimate of drug-likeness (QED) is 0.0692. The first-order chi connectivity index (χ1) is 22.9. The van der Waals surface area contributed by atoms with Gasteiger partial charge in [0.15, 0.2) is 0 Å². The van der Waals surface area contributed by atoms with Crippen molar-refractivity contribution in [3.05, 3.63) is 130 Å². The smallest absolute Gasteiger partial charge is 0.207 e. The third-order valence-electron chi connectivity index (χ3n) is 7.04. The van der Waals surface area contributed by atoms with Crippen molar-refractivity contribution in [3.8, 4) is 5.75 Å². The Morgan fingerprint density at radius 3 is 1.98 bits per heavy atom. The van der Waals surface area contributed by atoms with Gasteiger partial charge in [0, 0.05) is 49.8 Å². The molecular formula is C40H56N4O3S. The lowest BCUT2D eigenvalue weighted by Crippen LogP contribution is -2.21. The van der Waals surface area contributed by atoms with Crippen LogP contribution in [-0.2, 0) is 23.3 Å². The number of aryl methyl sites for hydroxylation is 2. The molecule has 4 N–H and O–H groups in total. The van der Waals surface area contributed by atoms with E-state index in [9.17, 15) is 14.7 Å². The number of carbonyl (C=O) groups excluding carboxylic acids is 2. The van der Waals surface area contributed by atoms with Crippen molar-refractivity contribution in [2.75, 3.05) is 37.7 Å². The molecule has 0 fully saturated rings. The standard InChI is InChI=1S/C15H24N2O2.C10H13NOS.C8H11N.C7H8/c1-15(2,3)13-5-6-14(19)12(9-13)10-16-7-4-8-17-11-18;1-8-4-9(7-12)6-10(5-8)11(2)13-3;1-9-7-8-5-3-2-4-6-8;1-7-5-3-2-4-6-7/h5-6,9,11,16,19H,4,7-8,10H2,1-3H3,(H,17,18);4-7H,1-3H3;2-6,9H,7H2,1H3;2-6H,1H3. The van der Waals surface area contributed by atoms with E-state index in [1.54, 1.807) is 18.0 Å².